The average Bonchev–Trinajstić information content (AvgIpc) is 2.67. The van der Waals surface area contributed by atoms with Gasteiger partial charge >= 0.3 is 0 Å². The Labute approximate surface area is 185 Å². The van der Waals surface area contributed by atoms with Gasteiger partial charge in [0.1, 0.15) is 0 Å². The number of ketones is 1. The minimum atomic E-state index is 0.0847. The second kappa shape index (κ2) is 16.0. The number of Topliss-reactive ketones (excluding diaryl/α,β-unsaturated/α-hetero) is 1. The fraction of sp³-hybridized carbons (Fsp3) is 0.630. The number of aliphatic hydroxyl groups is 1. The molecule has 1 fully saturated rings. The fourth-order valence-corrected chi connectivity index (χ4v) is 3.29. The van der Waals surface area contributed by atoms with Crippen molar-refractivity contribution < 1.29 is 9.90 Å². The number of hydrogen-bond donors (Lipinski definition) is 1. The summed E-state index contributed by atoms with van der Waals surface area (Å²) in [5.74, 6) is 2.37. The second-order valence-corrected chi connectivity index (χ2v) is 9.38. The normalized spacial score (nSPS) is 15.1. The third-order valence-corrected chi connectivity index (χ3v) is 4.87. The summed E-state index contributed by atoms with van der Waals surface area (Å²) in [6.45, 7) is 18.1. The molecule has 1 aliphatic carbocycles. The molecule has 0 aliphatic heterocycles. The molecule has 0 bridgehead atoms. The van der Waals surface area contributed by atoms with Crippen LogP contribution in [0.5, 0.6) is 0 Å². The molecule has 3 heteroatoms. The van der Waals surface area contributed by atoms with Gasteiger partial charge in [0.2, 0.25) is 0 Å². The first kappa shape index (κ1) is 28.3. The monoisotopic (exact) mass is 415 g/mol. The van der Waals surface area contributed by atoms with Crippen LogP contribution >= 0.6 is 0 Å². The number of aliphatic hydroxyl groups excluding tert-OH is 1. The number of hydrogen-bond acceptors (Lipinski definition) is 3. The molecule has 1 aromatic carbocycles. The molecular weight excluding hydrogens is 370 g/mol. The first-order valence-electron chi connectivity index (χ1n) is 11.5. The van der Waals surface area contributed by atoms with Gasteiger partial charge in [-0.1, -0.05) is 78.5 Å². The lowest BCUT2D eigenvalue weighted by Gasteiger charge is -2.23. The minimum Gasteiger partial charge on any atom is -0.396 e. The molecule has 1 aliphatic rings. The molecule has 0 aromatic heterocycles. The number of nitrogens with zero attached hydrogens (tertiary/aromatic N) is 1. The number of carbonyl (C=O) groups excluding carboxylic acids is 1. The maximum atomic E-state index is 11.1. The van der Waals surface area contributed by atoms with E-state index in [1.807, 2.05) is 32.0 Å². The molecule has 0 radical (unpaired) electrons. The van der Waals surface area contributed by atoms with Gasteiger partial charge in [0, 0.05) is 24.1 Å². The van der Waals surface area contributed by atoms with E-state index in [4.69, 9.17) is 5.11 Å². The lowest BCUT2D eigenvalue weighted by molar-refractivity contribution is 0.101. The Morgan fingerprint density at radius 1 is 1.17 bits per heavy atom. The molecule has 1 saturated carbocycles. The van der Waals surface area contributed by atoms with E-state index < -0.39 is 0 Å². The highest BCUT2D eigenvalue weighted by atomic mass is 16.3. The molecule has 0 amide bonds. The van der Waals surface area contributed by atoms with E-state index >= 15 is 0 Å². The third kappa shape index (κ3) is 14.3. The van der Waals surface area contributed by atoms with Crippen molar-refractivity contribution in [1.29, 1.82) is 0 Å². The van der Waals surface area contributed by atoms with E-state index in [1.165, 1.54) is 38.5 Å². The lowest BCUT2D eigenvalue weighted by atomic mass is 9.83. The van der Waals surface area contributed by atoms with Crippen LogP contribution in [0.3, 0.4) is 0 Å². The summed E-state index contributed by atoms with van der Waals surface area (Å²) in [7, 11) is 0. The van der Waals surface area contributed by atoms with Crippen molar-refractivity contribution in [3.63, 3.8) is 0 Å². The van der Waals surface area contributed by atoms with Crippen LogP contribution in [0.4, 0.5) is 0 Å². The fourth-order valence-electron chi connectivity index (χ4n) is 3.29. The molecule has 0 spiro atoms. The lowest BCUT2D eigenvalue weighted by Crippen LogP contribution is -2.12. The van der Waals surface area contributed by atoms with E-state index in [0.717, 1.165) is 34.2 Å². The first-order chi connectivity index (χ1) is 14.1. The first-order valence-corrected chi connectivity index (χ1v) is 11.5. The van der Waals surface area contributed by atoms with Crippen molar-refractivity contribution in [1.82, 2.24) is 0 Å². The predicted molar refractivity (Wildman–Crippen MR) is 132 cm³/mol. The van der Waals surface area contributed by atoms with Gasteiger partial charge < -0.3 is 5.11 Å². The summed E-state index contributed by atoms with van der Waals surface area (Å²) in [6.07, 6.45) is 10.1. The average molecular weight is 416 g/mol. The Bertz CT molecular complexity index is 652. The van der Waals surface area contributed by atoms with E-state index in [9.17, 15) is 4.79 Å². The summed E-state index contributed by atoms with van der Waals surface area (Å²) in [4.78, 5) is 15.3. The summed E-state index contributed by atoms with van der Waals surface area (Å²) >= 11 is 0. The number of rotatable bonds is 6. The predicted octanol–water partition coefficient (Wildman–Crippen LogP) is 7.40. The van der Waals surface area contributed by atoms with Crippen molar-refractivity contribution in [3.05, 3.63) is 47.2 Å². The number of allylic oxidation sites excluding steroid dienone is 1. The highest BCUT2D eigenvalue weighted by Crippen LogP contribution is 2.28. The zero-order valence-corrected chi connectivity index (χ0v) is 20.5. The van der Waals surface area contributed by atoms with E-state index in [0.29, 0.717) is 12.5 Å². The van der Waals surface area contributed by atoms with Crippen LogP contribution in [0.15, 0.2) is 35.5 Å². The van der Waals surface area contributed by atoms with Crippen LogP contribution in [-0.4, -0.2) is 23.7 Å². The third-order valence-electron chi connectivity index (χ3n) is 4.87. The smallest absolute Gasteiger partial charge is 0.159 e. The van der Waals surface area contributed by atoms with Crippen molar-refractivity contribution in [2.45, 2.75) is 87.0 Å². The number of aliphatic imine (C=N–C) groups is 1. The van der Waals surface area contributed by atoms with Gasteiger partial charge in [-0.05, 0) is 62.1 Å². The molecule has 3 nitrogen and oxygen atoms in total. The summed E-state index contributed by atoms with van der Waals surface area (Å²) in [6, 6.07) is 5.59. The van der Waals surface area contributed by atoms with Crippen molar-refractivity contribution in [3.8, 4) is 0 Å². The van der Waals surface area contributed by atoms with Crippen molar-refractivity contribution in [2.24, 2.45) is 22.7 Å². The number of benzene rings is 1. The van der Waals surface area contributed by atoms with Gasteiger partial charge in [0.25, 0.3) is 0 Å². The molecule has 1 N–H and O–H groups in total. The highest BCUT2D eigenvalue weighted by molar-refractivity contribution is 5.95. The van der Waals surface area contributed by atoms with Gasteiger partial charge in [-0.2, -0.15) is 0 Å². The molecule has 0 heterocycles. The van der Waals surface area contributed by atoms with Crippen molar-refractivity contribution in [2.75, 3.05) is 6.61 Å². The van der Waals surface area contributed by atoms with Gasteiger partial charge in [-0.15, -0.1) is 0 Å². The Morgan fingerprint density at radius 2 is 1.73 bits per heavy atom. The van der Waals surface area contributed by atoms with Crippen LogP contribution < -0.4 is 0 Å². The Morgan fingerprint density at radius 3 is 2.17 bits per heavy atom. The second-order valence-electron chi connectivity index (χ2n) is 9.38. The zero-order valence-electron chi connectivity index (χ0n) is 20.5. The largest absolute Gasteiger partial charge is 0.396 e. The Balaban J connectivity index is 0.000000491. The standard InChI is InChI=1S/C13H15NO.C10H20O.C4H10/c1-9(2)14-8-13-6-5-12(11(4)15)7-10(13)3;1-9(8-11)7-10-5-3-2-4-6-10;1-4(2)3/h5-8H,1H2,2-4H3;9-11H,2-8H2,1H3;4H,1-3H3. The van der Waals surface area contributed by atoms with Gasteiger partial charge in [0.15, 0.2) is 5.78 Å². The summed E-state index contributed by atoms with van der Waals surface area (Å²) in [5.41, 5.74) is 3.57. The van der Waals surface area contributed by atoms with Crippen LogP contribution in [0.2, 0.25) is 0 Å². The minimum absolute atomic E-state index is 0.0847. The van der Waals surface area contributed by atoms with E-state index in [-0.39, 0.29) is 5.78 Å². The maximum Gasteiger partial charge on any atom is 0.159 e. The number of aryl methyl sites for hydroxylation is 1. The van der Waals surface area contributed by atoms with Crippen LogP contribution in [-0.2, 0) is 0 Å². The topological polar surface area (TPSA) is 49.7 Å². The van der Waals surface area contributed by atoms with Gasteiger partial charge in [-0.3, -0.25) is 9.79 Å². The van der Waals surface area contributed by atoms with Gasteiger partial charge in [-0.25, -0.2) is 0 Å². The van der Waals surface area contributed by atoms with Gasteiger partial charge in [0.05, 0.1) is 0 Å². The molecule has 0 saturated heterocycles. The van der Waals surface area contributed by atoms with Crippen molar-refractivity contribution >= 4 is 12.0 Å². The Kier molecular flexibility index (Phi) is 15.1. The number of carbonyl (C=O) groups is 1. The summed E-state index contributed by atoms with van der Waals surface area (Å²) < 4.78 is 0. The summed E-state index contributed by atoms with van der Waals surface area (Å²) in [5, 5.41) is 8.87. The van der Waals surface area contributed by atoms with E-state index in [2.05, 4.69) is 39.3 Å². The zero-order chi connectivity index (χ0) is 23.1. The maximum absolute atomic E-state index is 11.1. The quantitative estimate of drug-likeness (QED) is 0.389. The van der Waals surface area contributed by atoms with Crippen LogP contribution in [0, 0.1) is 24.7 Å². The van der Waals surface area contributed by atoms with Crippen LogP contribution in [0.1, 0.15) is 102 Å². The van der Waals surface area contributed by atoms with E-state index in [1.54, 1.807) is 13.1 Å². The molecule has 2 rings (SSSR count). The SMILES string of the molecule is C=C(C)N=Cc1ccc(C(C)=O)cc1C.CC(C)C.CC(CO)CC1CCCCC1. The van der Waals surface area contributed by atoms with Crippen LogP contribution in [0.25, 0.3) is 0 Å². The molecular formula is C27H45NO2. The molecule has 170 valence electrons. The Hall–Kier alpha value is -1.74. The molecule has 1 unspecified atom stereocenters. The molecule has 30 heavy (non-hydrogen) atoms. The molecule has 1 aromatic rings. The highest BCUT2D eigenvalue weighted by Gasteiger charge is 2.15. The molecule has 1 atom stereocenters.